The lowest BCUT2D eigenvalue weighted by molar-refractivity contribution is 0.270. The Balaban J connectivity index is 1.46. The van der Waals surface area contributed by atoms with Crippen molar-refractivity contribution in [1.29, 1.82) is 5.26 Å². The van der Waals surface area contributed by atoms with E-state index >= 15 is 0 Å². The Morgan fingerprint density at radius 3 is 2.53 bits per heavy atom. The Morgan fingerprint density at radius 1 is 1.00 bits per heavy atom. The van der Waals surface area contributed by atoms with Gasteiger partial charge in [-0.2, -0.15) is 9.57 Å². The zero-order valence-corrected chi connectivity index (χ0v) is 18.1. The van der Waals surface area contributed by atoms with Crippen molar-refractivity contribution < 1.29 is 8.42 Å². The number of nitriles is 1. The van der Waals surface area contributed by atoms with Crippen molar-refractivity contribution >= 4 is 21.1 Å². The standard InChI is InChI=1S/C24H21N5O2S/c25-15-18-3-6-22(7-4-18)32(30,31)28-13-1-2-21(16-28)29-17-27-23-8-5-20(14-24(23)29)19-9-11-26-12-10-19/h3-12,14,17,21H,1-2,13,16H2. The van der Waals surface area contributed by atoms with Gasteiger partial charge >= 0.3 is 0 Å². The van der Waals surface area contributed by atoms with Gasteiger partial charge in [0, 0.05) is 31.5 Å². The molecule has 1 aliphatic heterocycles. The van der Waals surface area contributed by atoms with E-state index < -0.39 is 10.0 Å². The lowest BCUT2D eigenvalue weighted by atomic mass is 10.0. The summed E-state index contributed by atoms with van der Waals surface area (Å²) in [6.07, 6.45) is 6.99. The Kier molecular flexibility index (Phi) is 5.21. The summed E-state index contributed by atoms with van der Waals surface area (Å²) < 4.78 is 30.1. The lowest BCUT2D eigenvalue weighted by Gasteiger charge is -2.33. The molecule has 1 unspecified atom stereocenters. The van der Waals surface area contributed by atoms with Crippen LogP contribution in [-0.2, 0) is 10.0 Å². The molecule has 4 aromatic rings. The van der Waals surface area contributed by atoms with Gasteiger partial charge in [-0.15, -0.1) is 0 Å². The molecule has 0 saturated carbocycles. The van der Waals surface area contributed by atoms with E-state index in [4.69, 9.17) is 5.26 Å². The fraction of sp³-hybridized carbons (Fsp3) is 0.208. The number of piperidine rings is 1. The zero-order valence-electron chi connectivity index (χ0n) is 17.3. The molecule has 32 heavy (non-hydrogen) atoms. The first-order valence-electron chi connectivity index (χ1n) is 10.4. The summed E-state index contributed by atoms with van der Waals surface area (Å²) in [6, 6.07) is 18.2. The summed E-state index contributed by atoms with van der Waals surface area (Å²) in [7, 11) is -3.63. The molecule has 7 nitrogen and oxygen atoms in total. The maximum absolute atomic E-state index is 13.2. The maximum atomic E-state index is 13.2. The second kappa shape index (κ2) is 8.19. The van der Waals surface area contributed by atoms with Crippen LogP contribution in [0.4, 0.5) is 0 Å². The Labute approximate surface area is 186 Å². The van der Waals surface area contributed by atoms with Crippen LogP contribution in [0.5, 0.6) is 0 Å². The molecule has 160 valence electrons. The monoisotopic (exact) mass is 443 g/mol. The molecule has 1 aliphatic rings. The van der Waals surface area contributed by atoms with Gasteiger partial charge in [-0.1, -0.05) is 6.07 Å². The minimum atomic E-state index is -3.63. The van der Waals surface area contributed by atoms with Crippen molar-refractivity contribution in [2.45, 2.75) is 23.8 Å². The van der Waals surface area contributed by atoms with E-state index in [2.05, 4.69) is 20.6 Å². The van der Waals surface area contributed by atoms with Gasteiger partial charge in [0.05, 0.1) is 33.9 Å². The van der Waals surface area contributed by atoms with Crippen LogP contribution in [0, 0.1) is 11.3 Å². The average Bonchev–Trinajstić information content (AvgIpc) is 3.28. The fourth-order valence-electron chi connectivity index (χ4n) is 4.26. The summed E-state index contributed by atoms with van der Waals surface area (Å²) in [4.78, 5) is 8.84. The third kappa shape index (κ3) is 3.66. The minimum absolute atomic E-state index is 0.00500. The van der Waals surface area contributed by atoms with E-state index in [0.717, 1.165) is 35.0 Å². The number of benzene rings is 2. The van der Waals surface area contributed by atoms with Crippen molar-refractivity contribution in [2.24, 2.45) is 0 Å². The molecule has 1 fully saturated rings. The van der Waals surface area contributed by atoms with E-state index in [0.29, 0.717) is 18.7 Å². The van der Waals surface area contributed by atoms with E-state index in [1.165, 1.54) is 24.3 Å². The number of aromatic nitrogens is 3. The highest BCUT2D eigenvalue weighted by Gasteiger charge is 2.31. The van der Waals surface area contributed by atoms with E-state index in [9.17, 15) is 8.42 Å². The molecule has 0 spiro atoms. The van der Waals surface area contributed by atoms with Gasteiger partial charge < -0.3 is 4.57 Å². The molecule has 0 amide bonds. The Hall–Kier alpha value is -3.54. The molecule has 2 aromatic heterocycles. The molecule has 1 saturated heterocycles. The molecule has 0 N–H and O–H groups in total. The number of pyridine rings is 1. The molecule has 1 atom stereocenters. The fourth-order valence-corrected chi connectivity index (χ4v) is 5.77. The van der Waals surface area contributed by atoms with E-state index in [1.54, 1.807) is 16.7 Å². The van der Waals surface area contributed by atoms with Crippen LogP contribution in [0.15, 0.2) is 78.2 Å². The highest BCUT2D eigenvalue weighted by atomic mass is 32.2. The van der Waals surface area contributed by atoms with Crippen LogP contribution in [0.1, 0.15) is 24.4 Å². The molecule has 2 aromatic carbocycles. The first-order chi connectivity index (χ1) is 15.6. The van der Waals surface area contributed by atoms with Gasteiger partial charge in [-0.05, 0) is 72.5 Å². The molecule has 0 radical (unpaired) electrons. The number of nitrogens with zero attached hydrogens (tertiary/aromatic N) is 5. The number of hydrogen-bond acceptors (Lipinski definition) is 5. The first kappa shape index (κ1) is 20.4. The molecule has 5 rings (SSSR count). The number of fused-ring (bicyclic) bond motifs is 1. The highest BCUT2D eigenvalue weighted by molar-refractivity contribution is 7.89. The van der Waals surface area contributed by atoms with Gasteiger partial charge in [0.15, 0.2) is 0 Å². The second-order valence-corrected chi connectivity index (χ2v) is 9.82. The number of imidazole rings is 1. The van der Waals surface area contributed by atoms with Gasteiger partial charge in [0.1, 0.15) is 0 Å². The van der Waals surface area contributed by atoms with Crippen LogP contribution in [-0.4, -0.2) is 40.3 Å². The molecule has 0 bridgehead atoms. The van der Waals surface area contributed by atoms with Crippen molar-refractivity contribution in [3.63, 3.8) is 0 Å². The Morgan fingerprint density at radius 2 is 1.78 bits per heavy atom. The number of rotatable bonds is 4. The quantitative estimate of drug-likeness (QED) is 0.475. The minimum Gasteiger partial charge on any atom is -0.326 e. The predicted octanol–water partition coefficient (Wildman–Crippen LogP) is 4.00. The lowest BCUT2D eigenvalue weighted by Crippen LogP contribution is -2.40. The molecule has 3 heterocycles. The van der Waals surface area contributed by atoms with Gasteiger partial charge in [-0.3, -0.25) is 4.98 Å². The van der Waals surface area contributed by atoms with Crippen LogP contribution in [0.2, 0.25) is 0 Å². The molecule has 8 heteroatoms. The molecular weight excluding hydrogens is 422 g/mol. The first-order valence-corrected chi connectivity index (χ1v) is 11.9. The van der Waals surface area contributed by atoms with Crippen molar-refractivity contribution in [3.8, 4) is 17.2 Å². The van der Waals surface area contributed by atoms with Gasteiger partial charge in [-0.25, -0.2) is 13.4 Å². The largest absolute Gasteiger partial charge is 0.326 e. The summed E-state index contributed by atoms with van der Waals surface area (Å²) in [5.41, 5.74) is 4.45. The van der Waals surface area contributed by atoms with Crippen molar-refractivity contribution in [1.82, 2.24) is 18.8 Å². The van der Waals surface area contributed by atoms with Crippen LogP contribution in [0.3, 0.4) is 0 Å². The highest BCUT2D eigenvalue weighted by Crippen LogP contribution is 2.31. The topological polar surface area (TPSA) is 91.9 Å². The van der Waals surface area contributed by atoms with Crippen LogP contribution < -0.4 is 0 Å². The molecule has 0 aliphatic carbocycles. The maximum Gasteiger partial charge on any atom is 0.243 e. The van der Waals surface area contributed by atoms with Crippen molar-refractivity contribution in [2.75, 3.05) is 13.1 Å². The number of sulfonamides is 1. The smallest absolute Gasteiger partial charge is 0.243 e. The SMILES string of the molecule is N#Cc1ccc(S(=O)(=O)N2CCCC(n3cnc4ccc(-c5ccncc5)cc43)C2)cc1. The summed E-state index contributed by atoms with van der Waals surface area (Å²) in [6.45, 7) is 0.862. The second-order valence-electron chi connectivity index (χ2n) is 7.89. The van der Waals surface area contributed by atoms with Gasteiger partial charge in [0.25, 0.3) is 0 Å². The normalized spacial score (nSPS) is 17.3. The molecular formula is C24H21N5O2S. The number of hydrogen-bond donors (Lipinski definition) is 0. The van der Waals surface area contributed by atoms with E-state index in [1.807, 2.05) is 36.7 Å². The van der Waals surface area contributed by atoms with Crippen LogP contribution in [0.25, 0.3) is 22.2 Å². The summed E-state index contributed by atoms with van der Waals surface area (Å²) in [5, 5.41) is 8.98. The summed E-state index contributed by atoms with van der Waals surface area (Å²) >= 11 is 0. The third-order valence-corrected chi connectivity index (χ3v) is 7.84. The van der Waals surface area contributed by atoms with Crippen LogP contribution >= 0.6 is 0 Å². The summed E-state index contributed by atoms with van der Waals surface area (Å²) in [5.74, 6) is 0. The van der Waals surface area contributed by atoms with Crippen molar-refractivity contribution in [3.05, 3.63) is 78.9 Å². The predicted molar refractivity (Wildman–Crippen MR) is 121 cm³/mol. The third-order valence-electron chi connectivity index (χ3n) is 5.96. The average molecular weight is 444 g/mol. The Bertz CT molecular complexity index is 1410. The van der Waals surface area contributed by atoms with Gasteiger partial charge in [0.2, 0.25) is 10.0 Å². The zero-order chi connectivity index (χ0) is 22.1. The van der Waals surface area contributed by atoms with E-state index in [-0.39, 0.29) is 10.9 Å².